The monoisotopic (exact) mass is 514 g/mol. The van der Waals surface area contributed by atoms with E-state index in [1.165, 1.54) is 18.2 Å². The minimum absolute atomic E-state index is 0.146. The Bertz CT molecular complexity index is 987. The first kappa shape index (κ1) is 24.4. The van der Waals surface area contributed by atoms with Crippen molar-refractivity contribution in [3.05, 3.63) is 62.1 Å². The first-order valence-corrected chi connectivity index (χ1v) is 12.8. The molecule has 29 heavy (non-hydrogen) atoms. The summed E-state index contributed by atoms with van der Waals surface area (Å²) >= 11 is 25.4. The normalized spacial score (nSPS) is 11.3. The molecule has 2 aromatic rings. The quantitative estimate of drug-likeness (QED) is 0.471. The lowest BCUT2D eigenvalue weighted by Gasteiger charge is -2.23. The number of carbonyl (C=O) groups excluding carboxylic acids is 1. The molecule has 0 fully saturated rings. The van der Waals surface area contributed by atoms with E-state index in [1.807, 2.05) is 6.07 Å². The lowest BCUT2D eigenvalue weighted by atomic mass is 10.2. The number of hydrogen-bond acceptors (Lipinski definition) is 4. The molecule has 0 aromatic heterocycles. The summed E-state index contributed by atoms with van der Waals surface area (Å²) in [6.45, 7) is 0.00835. The topological polar surface area (TPSA) is 66.5 Å². The van der Waals surface area contributed by atoms with Crippen molar-refractivity contribution >= 4 is 79.8 Å². The zero-order valence-corrected chi connectivity index (χ0v) is 19.9. The molecule has 0 aliphatic carbocycles. The second kappa shape index (κ2) is 11.0. The van der Waals surface area contributed by atoms with Gasteiger partial charge in [-0.05, 0) is 35.9 Å². The Morgan fingerprint density at radius 1 is 1.03 bits per heavy atom. The average molecular weight is 516 g/mol. The van der Waals surface area contributed by atoms with Crippen molar-refractivity contribution in [3.8, 4) is 0 Å². The van der Waals surface area contributed by atoms with E-state index in [0.29, 0.717) is 33.1 Å². The van der Waals surface area contributed by atoms with E-state index in [4.69, 9.17) is 46.4 Å². The van der Waals surface area contributed by atoms with E-state index in [0.717, 1.165) is 16.1 Å². The van der Waals surface area contributed by atoms with E-state index in [9.17, 15) is 13.2 Å². The highest BCUT2D eigenvalue weighted by Gasteiger charge is 2.23. The van der Waals surface area contributed by atoms with Crippen LogP contribution in [0.1, 0.15) is 5.56 Å². The molecule has 1 amide bonds. The van der Waals surface area contributed by atoms with Crippen LogP contribution in [0.2, 0.25) is 20.1 Å². The van der Waals surface area contributed by atoms with E-state index in [-0.39, 0.29) is 17.3 Å². The van der Waals surface area contributed by atoms with Gasteiger partial charge in [0.15, 0.2) is 0 Å². The van der Waals surface area contributed by atoms with Gasteiger partial charge in [0.05, 0.1) is 27.0 Å². The molecule has 5 nitrogen and oxygen atoms in total. The number of nitrogens with one attached hydrogen (secondary N) is 1. The van der Waals surface area contributed by atoms with Crippen molar-refractivity contribution in [3.63, 3.8) is 0 Å². The van der Waals surface area contributed by atoms with Crippen LogP contribution in [0, 0.1) is 0 Å². The first-order chi connectivity index (χ1) is 13.6. The van der Waals surface area contributed by atoms with Gasteiger partial charge in [-0.15, -0.1) is 0 Å². The van der Waals surface area contributed by atoms with Crippen LogP contribution in [0.3, 0.4) is 0 Å². The van der Waals surface area contributed by atoms with Crippen LogP contribution in [0.4, 0.5) is 5.69 Å². The minimum atomic E-state index is -3.71. The summed E-state index contributed by atoms with van der Waals surface area (Å²) in [5, 5.41) is 4.23. The van der Waals surface area contributed by atoms with Crippen LogP contribution >= 0.6 is 58.2 Å². The van der Waals surface area contributed by atoms with Crippen LogP contribution in [-0.2, 0) is 20.6 Å². The molecule has 11 heteroatoms. The van der Waals surface area contributed by atoms with Crippen molar-refractivity contribution in [1.29, 1.82) is 0 Å². The third-order valence-electron chi connectivity index (χ3n) is 3.69. The smallest absolute Gasteiger partial charge is 0.240 e. The average Bonchev–Trinajstić information content (AvgIpc) is 2.62. The molecule has 0 aliphatic rings. The molecule has 2 rings (SSSR count). The summed E-state index contributed by atoms with van der Waals surface area (Å²) < 4.78 is 25.2. The van der Waals surface area contributed by atoms with Gasteiger partial charge in [0.25, 0.3) is 0 Å². The summed E-state index contributed by atoms with van der Waals surface area (Å²) in [6.07, 6.45) is 1.01. The summed E-state index contributed by atoms with van der Waals surface area (Å²) in [5.74, 6) is 0.923. The molecule has 0 atom stereocenters. The molecule has 0 unspecified atom stereocenters. The summed E-state index contributed by atoms with van der Waals surface area (Å²) in [7, 11) is -3.71. The number of amides is 1. The Hall–Kier alpha value is -0.830. The van der Waals surface area contributed by atoms with Crippen LogP contribution in [-0.4, -0.2) is 39.4 Å². The highest BCUT2D eigenvalue weighted by atomic mass is 35.5. The zero-order chi connectivity index (χ0) is 21.6. The van der Waals surface area contributed by atoms with Crippen LogP contribution in [0.25, 0.3) is 0 Å². The number of nitrogens with zero attached hydrogens (tertiary/aromatic N) is 1. The van der Waals surface area contributed by atoms with E-state index >= 15 is 0 Å². The van der Waals surface area contributed by atoms with Gasteiger partial charge in [-0.25, -0.2) is 8.42 Å². The van der Waals surface area contributed by atoms with E-state index in [1.54, 1.807) is 23.9 Å². The number of rotatable bonds is 9. The standard InChI is InChI=1S/C18H18Cl4N2O3S2/c1-29(26,27)24(17-5-3-13(19)9-16(17)22)10-18(25)23-6-7-28-11-12-2-4-14(20)15(21)8-12/h2-5,8-9H,6-7,10-11H2,1H3,(H,23,25). The molecular weight excluding hydrogens is 498 g/mol. The van der Waals surface area contributed by atoms with Crippen molar-refractivity contribution in [1.82, 2.24) is 5.32 Å². The maximum Gasteiger partial charge on any atom is 0.240 e. The van der Waals surface area contributed by atoms with Gasteiger partial charge in [0.1, 0.15) is 6.54 Å². The molecule has 0 spiro atoms. The lowest BCUT2D eigenvalue weighted by molar-refractivity contribution is -0.119. The van der Waals surface area contributed by atoms with Gasteiger partial charge in [0.2, 0.25) is 15.9 Å². The fourth-order valence-corrected chi connectivity index (χ4v) is 4.89. The van der Waals surface area contributed by atoms with Crippen molar-refractivity contribution < 1.29 is 13.2 Å². The Kier molecular flexibility index (Phi) is 9.25. The SMILES string of the molecule is CS(=O)(=O)N(CC(=O)NCCSCc1ccc(Cl)c(Cl)c1)c1ccc(Cl)cc1Cl. The molecule has 158 valence electrons. The highest BCUT2D eigenvalue weighted by molar-refractivity contribution is 7.98. The predicted molar refractivity (Wildman–Crippen MR) is 124 cm³/mol. The second-order valence-corrected chi connectivity index (χ2v) is 10.7. The van der Waals surface area contributed by atoms with Gasteiger partial charge in [-0.2, -0.15) is 11.8 Å². The van der Waals surface area contributed by atoms with E-state index in [2.05, 4.69) is 5.32 Å². The van der Waals surface area contributed by atoms with Gasteiger partial charge in [0, 0.05) is 23.1 Å². The highest BCUT2D eigenvalue weighted by Crippen LogP contribution is 2.30. The number of halogens is 4. The summed E-state index contributed by atoms with van der Waals surface area (Å²) in [6, 6.07) is 9.83. The van der Waals surface area contributed by atoms with Gasteiger partial charge < -0.3 is 5.32 Å². The maximum absolute atomic E-state index is 12.2. The number of carbonyl (C=O) groups is 1. The van der Waals surface area contributed by atoms with Gasteiger partial charge in [-0.3, -0.25) is 9.10 Å². The van der Waals surface area contributed by atoms with Gasteiger partial charge in [-0.1, -0.05) is 52.5 Å². The zero-order valence-electron chi connectivity index (χ0n) is 15.3. The van der Waals surface area contributed by atoms with Crippen molar-refractivity contribution in [2.75, 3.05) is 29.4 Å². The van der Waals surface area contributed by atoms with Crippen LogP contribution in [0.15, 0.2) is 36.4 Å². The Balaban J connectivity index is 1.86. The summed E-state index contributed by atoms with van der Waals surface area (Å²) in [4.78, 5) is 12.2. The van der Waals surface area contributed by atoms with Crippen LogP contribution in [0.5, 0.6) is 0 Å². The molecule has 0 saturated carbocycles. The van der Waals surface area contributed by atoms with Crippen LogP contribution < -0.4 is 9.62 Å². The predicted octanol–water partition coefficient (Wildman–Crippen LogP) is 5.12. The molecular formula is C18H18Cl4N2O3S2. The van der Waals surface area contributed by atoms with Crippen molar-refractivity contribution in [2.24, 2.45) is 0 Å². The molecule has 0 bridgehead atoms. The Labute approximate surface area is 194 Å². The number of sulfonamides is 1. The lowest BCUT2D eigenvalue weighted by Crippen LogP contribution is -2.41. The largest absolute Gasteiger partial charge is 0.354 e. The molecule has 0 radical (unpaired) electrons. The minimum Gasteiger partial charge on any atom is -0.354 e. The third-order valence-corrected chi connectivity index (χ3v) is 7.12. The van der Waals surface area contributed by atoms with Gasteiger partial charge >= 0.3 is 0 Å². The molecule has 0 aliphatic heterocycles. The van der Waals surface area contributed by atoms with Crippen molar-refractivity contribution in [2.45, 2.75) is 5.75 Å². The number of hydrogen-bond donors (Lipinski definition) is 1. The fourth-order valence-electron chi connectivity index (χ4n) is 2.33. The number of benzene rings is 2. The second-order valence-electron chi connectivity index (χ2n) is 6.02. The Morgan fingerprint density at radius 2 is 1.76 bits per heavy atom. The molecule has 2 aromatic carbocycles. The molecule has 0 saturated heterocycles. The molecule has 1 N–H and O–H groups in total. The number of anilines is 1. The Morgan fingerprint density at radius 3 is 2.38 bits per heavy atom. The maximum atomic E-state index is 12.2. The number of thioether (sulfide) groups is 1. The first-order valence-electron chi connectivity index (χ1n) is 8.29. The summed E-state index contributed by atoms with van der Waals surface area (Å²) in [5.41, 5.74) is 1.22. The molecule has 0 heterocycles. The van der Waals surface area contributed by atoms with E-state index < -0.39 is 15.9 Å². The fraction of sp³-hybridized carbons (Fsp3) is 0.278. The third kappa shape index (κ3) is 7.74.